The van der Waals surface area contributed by atoms with Crippen LogP contribution in [-0.4, -0.2) is 24.9 Å². The van der Waals surface area contributed by atoms with Crippen molar-refractivity contribution in [2.75, 3.05) is 0 Å². The summed E-state index contributed by atoms with van der Waals surface area (Å²) in [6, 6.07) is 11.2. The number of hydrogen-bond acceptors (Lipinski definition) is 8. The summed E-state index contributed by atoms with van der Waals surface area (Å²) in [6.07, 6.45) is 0. The number of aryl methyl sites for hydroxylation is 2. The van der Waals surface area contributed by atoms with Gasteiger partial charge in [0.25, 0.3) is 11.4 Å². The first-order valence-electron chi connectivity index (χ1n) is 7.75. The zero-order valence-corrected chi connectivity index (χ0v) is 14.7. The molecule has 144 valence electrons. The first-order chi connectivity index (χ1) is 13.1. The third-order valence-electron chi connectivity index (χ3n) is 3.71. The molecule has 2 aromatic carbocycles. The summed E-state index contributed by atoms with van der Waals surface area (Å²) >= 11 is 0. The van der Waals surface area contributed by atoms with Crippen LogP contribution in [0, 0.1) is 44.2 Å². The Labute approximate surface area is 157 Å². The van der Waals surface area contributed by atoms with Crippen LogP contribution in [0.4, 0.5) is 17.1 Å². The van der Waals surface area contributed by atoms with E-state index in [-0.39, 0.29) is 0 Å². The smallest absolute Gasteiger partial charge is 0.324 e. The molecular weight excluding hydrogens is 372 g/mol. The van der Waals surface area contributed by atoms with Crippen molar-refractivity contribution in [3.63, 3.8) is 0 Å². The van der Waals surface area contributed by atoms with Crippen molar-refractivity contribution < 1.29 is 19.9 Å². The molecular formula is C17H14N4O7. The molecule has 3 aromatic rings. The Morgan fingerprint density at radius 3 is 1.89 bits per heavy atom. The third kappa shape index (κ3) is 4.33. The van der Waals surface area contributed by atoms with E-state index in [1.807, 2.05) is 19.1 Å². The normalized spacial score (nSPS) is 10.1. The van der Waals surface area contributed by atoms with Gasteiger partial charge in [0, 0.05) is 11.1 Å². The molecule has 0 spiro atoms. The van der Waals surface area contributed by atoms with Crippen molar-refractivity contribution in [2.45, 2.75) is 13.8 Å². The van der Waals surface area contributed by atoms with Crippen molar-refractivity contribution in [2.24, 2.45) is 0 Å². The van der Waals surface area contributed by atoms with E-state index in [1.54, 1.807) is 0 Å². The number of non-ortho nitro benzene ring substituents is 1. The minimum atomic E-state index is -1.21. The summed E-state index contributed by atoms with van der Waals surface area (Å²) in [7, 11) is 0. The fraction of sp³-hybridized carbons (Fsp3) is 0.118. The topological polar surface area (TPSA) is 163 Å². The fourth-order valence-corrected chi connectivity index (χ4v) is 2.49. The van der Waals surface area contributed by atoms with Crippen molar-refractivity contribution >= 4 is 28.0 Å². The van der Waals surface area contributed by atoms with Gasteiger partial charge in [-0.25, -0.2) is 0 Å². The Bertz CT molecular complexity index is 1060. The third-order valence-corrected chi connectivity index (χ3v) is 3.71. The molecule has 0 atom stereocenters. The summed E-state index contributed by atoms with van der Waals surface area (Å²) in [4.78, 5) is 32.2. The summed E-state index contributed by atoms with van der Waals surface area (Å²) in [5, 5.41) is 41.5. The second-order valence-electron chi connectivity index (χ2n) is 5.70. The largest absolute Gasteiger partial charge is 0.497 e. The molecule has 0 fully saturated rings. The molecule has 1 N–H and O–H groups in total. The molecule has 1 aromatic heterocycles. The van der Waals surface area contributed by atoms with Crippen LogP contribution in [0.1, 0.15) is 11.3 Å². The lowest BCUT2D eigenvalue weighted by Gasteiger charge is -2.01. The van der Waals surface area contributed by atoms with E-state index in [4.69, 9.17) is 5.11 Å². The molecule has 0 aliphatic heterocycles. The minimum absolute atomic E-state index is 0.447. The highest BCUT2D eigenvalue weighted by atomic mass is 16.6. The van der Waals surface area contributed by atoms with Gasteiger partial charge in [0.1, 0.15) is 0 Å². The number of nitrogens with zero attached hydrogens (tertiary/aromatic N) is 4. The first-order valence-corrected chi connectivity index (χ1v) is 7.75. The van der Waals surface area contributed by atoms with Gasteiger partial charge < -0.3 is 5.11 Å². The van der Waals surface area contributed by atoms with Gasteiger partial charge in [0.2, 0.25) is 0 Å². The number of phenolic OH excluding ortho intramolecular Hbond substituents is 1. The van der Waals surface area contributed by atoms with Crippen LogP contribution in [0.5, 0.6) is 5.75 Å². The quantitative estimate of drug-likeness (QED) is 0.522. The van der Waals surface area contributed by atoms with E-state index in [2.05, 4.69) is 30.1 Å². The number of aromatic hydroxyl groups is 1. The molecule has 3 rings (SSSR count). The molecule has 0 radical (unpaired) electrons. The SMILES string of the molecule is Cc1cc(C)c2ccccc2n1.O=[N+]([O-])c1cc([N+](=O)[O-])c(O)c([N+](=O)[O-])c1. The van der Waals surface area contributed by atoms with Crippen LogP contribution < -0.4 is 0 Å². The number of fused-ring (bicyclic) bond motifs is 1. The second kappa shape index (κ2) is 8.03. The molecule has 0 aliphatic carbocycles. The lowest BCUT2D eigenvalue weighted by molar-refractivity contribution is -0.404. The van der Waals surface area contributed by atoms with Crippen LogP contribution >= 0.6 is 0 Å². The summed E-state index contributed by atoms with van der Waals surface area (Å²) in [6.45, 7) is 4.15. The maximum atomic E-state index is 10.4. The molecule has 1 heterocycles. The van der Waals surface area contributed by atoms with Crippen molar-refractivity contribution in [3.05, 3.63) is 84.1 Å². The Balaban J connectivity index is 0.000000207. The molecule has 0 aliphatic rings. The summed E-state index contributed by atoms with van der Waals surface area (Å²) in [5.41, 5.74) is 0.484. The monoisotopic (exact) mass is 386 g/mol. The van der Waals surface area contributed by atoms with Crippen molar-refractivity contribution in [1.82, 2.24) is 4.98 Å². The van der Waals surface area contributed by atoms with Crippen LogP contribution in [0.15, 0.2) is 42.5 Å². The highest BCUT2D eigenvalue weighted by Gasteiger charge is 2.30. The predicted molar refractivity (Wildman–Crippen MR) is 99.3 cm³/mol. The highest BCUT2D eigenvalue weighted by molar-refractivity contribution is 5.81. The summed E-state index contributed by atoms with van der Waals surface area (Å²) in [5.74, 6) is -1.21. The number of hydrogen-bond donors (Lipinski definition) is 1. The number of nitro benzene ring substituents is 3. The van der Waals surface area contributed by atoms with Crippen LogP contribution in [-0.2, 0) is 0 Å². The van der Waals surface area contributed by atoms with Gasteiger partial charge in [-0.2, -0.15) is 0 Å². The maximum absolute atomic E-state index is 10.4. The number of benzene rings is 2. The van der Waals surface area contributed by atoms with Crippen LogP contribution in [0.3, 0.4) is 0 Å². The van der Waals surface area contributed by atoms with Gasteiger partial charge in [-0.1, -0.05) is 18.2 Å². The zero-order chi connectivity index (χ0) is 21.0. The van der Waals surface area contributed by atoms with E-state index in [0.29, 0.717) is 12.1 Å². The van der Waals surface area contributed by atoms with Gasteiger partial charge in [-0.15, -0.1) is 0 Å². The maximum Gasteiger partial charge on any atom is 0.324 e. The standard InChI is InChI=1S/C11H11N.C6H3N3O7/c1-8-7-9(2)12-11-6-4-3-5-10(8)11;10-6-4(8(13)14)1-3(7(11)12)2-5(6)9(15)16/h3-7H,1-2H3;1-2,10H. The van der Waals surface area contributed by atoms with Crippen LogP contribution in [0.2, 0.25) is 0 Å². The van der Waals surface area contributed by atoms with E-state index in [9.17, 15) is 30.3 Å². The van der Waals surface area contributed by atoms with E-state index in [1.165, 1.54) is 10.9 Å². The first kappa shape index (κ1) is 20.2. The zero-order valence-electron chi connectivity index (χ0n) is 14.7. The molecule has 11 heteroatoms. The van der Waals surface area contributed by atoms with Gasteiger partial charge in [-0.05, 0) is 31.5 Å². The lowest BCUT2D eigenvalue weighted by Crippen LogP contribution is -1.97. The predicted octanol–water partition coefficient (Wildman–Crippen LogP) is 3.97. The van der Waals surface area contributed by atoms with Crippen molar-refractivity contribution in [1.29, 1.82) is 0 Å². The number of phenols is 1. The number of nitro groups is 3. The highest BCUT2D eigenvalue weighted by Crippen LogP contribution is 2.38. The number of para-hydroxylation sites is 1. The molecule has 0 saturated heterocycles. The Morgan fingerprint density at radius 1 is 0.857 bits per heavy atom. The number of pyridine rings is 1. The molecule has 0 saturated carbocycles. The lowest BCUT2D eigenvalue weighted by atomic mass is 10.1. The molecule has 0 bridgehead atoms. The fourth-order valence-electron chi connectivity index (χ4n) is 2.49. The van der Waals surface area contributed by atoms with Gasteiger partial charge >= 0.3 is 11.4 Å². The van der Waals surface area contributed by atoms with Crippen LogP contribution in [0.25, 0.3) is 10.9 Å². The van der Waals surface area contributed by atoms with Gasteiger partial charge in [0.15, 0.2) is 0 Å². The Morgan fingerprint density at radius 2 is 1.39 bits per heavy atom. The molecule has 0 amide bonds. The average molecular weight is 386 g/mol. The average Bonchev–Trinajstić information content (AvgIpc) is 2.61. The van der Waals surface area contributed by atoms with E-state index >= 15 is 0 Å². The van der Waals surface area contributed by atoms with Gasteiger partial charge in [0.05, 0.1) is 32.4 Å². The minimum Gasteiger partial charge on any atom is -0.497 e. The Kier molecular flexibility index (Phi) is 5.79. The number of aromatic nitrogens is 1. The molecule has 11 nitrogen and oxygen atoms in total. The molecule has 28 heavy (non-hydrogen) atoms. The van der Waals surface area contributed by atoms with Crippen molar-refractivity contribution in [3.8, 4) is 5.75 Å². The van der Waals surface area contributed by atoms with E-state index in [0.717, 1.165) is 11.2 Å². The summed E-state index contributed by atoms with van der Waals surface area (Å²) < 4.78 is 0. The number of rotatable bonds is 3. The van der Waals surface area contributed by atoms with E-state index < -0.39 is 37.6 Å². The molecule has 0 unspecified atom stereocenters. The van der Waals surface area contributed by atoms with Gasteiger partial charge in [-0.3, -0.25) is 35.3 Å². The Hall–Kier alpha value is -4.15. The second-order valence-corrected chi connectivity index (χ2v) is 5.70.